The maximum absolute atomic E-state index is 12.7. The SMILES string of the molecule is C=C1C(=O)N=C(n2nc(C(C)(C)C)cc2NC(=O)NCc2ccc(OC)c(OC)c2)N=C1C. The number of ether oxygens (including phenoxy) is 2. The molecule has 2 aromatic rings. The van der Waals surface area contributed by atoms with Crippen LogP contribution in [-0.2, 0) is 16.8 Å². The standard InChI is InChI=1S/C23H28N6O4/c1-13-14(2)25-21(27-20(13)30)29-19(11-18(28-29)23(3,4)5)26-22(31)24-12-15-8-9-16(32-6)17(10-15)33-7/h8-11H,1,12H2,2-7H3,(H2,24,26,31). The minimum atomic E-state index is -0.492. The molecule has 10 heteroatoms. The van der Waals surface area contributed by atoms with Crippen LogP contribution in [0.2, 0.25) is 0 Å². The van der Waals surface area contributed by atoms with Crippen LogP contribution in [-0.4, -0.2) is 47.6 Å². The molecule has 1 aromatic carbocycles. The quantitative estimate of drug-likeness (QED) is 0.675. The molecule has 1 aliphatic heterocycles. The minimum absolute atomic E-state index is 0.0654. The molecule has 2 N–H and O–H groups in total. The Kier molecular flexibility index (Phi) is 6.66. The highest BCUT2D eigenvalue weighted by Gasteiger charge is 2.25. The summed E-state index contributed by atoms with van der Waals surface area (Å²) in [5.41, 5.74) is 1.89. The van der Waals surface area contributed by atoms with Crippen LogP contribution in [0.25, 0.3) is 0 Å². The number of rotatable bonds is 5. The lowest BCUT2D eigenvalue weighted by molar-refractivity contribution is -0.113. The van der Waals surface area contributed by atoms with Gasteiger partial charge in [0, 0.05) is 18.0 Å². The van der Waals surface area contributed by atoms with E-state index >= 15 is 0 Å². The molecular weight excluding hydrogens is 424 g/mol. The summed E-state index contributed by atoms with van der Waals surface area (Å²) in [4.78, 5) is 33.1. The summed E-state index contributed by atoms with van der Waals surface area (Å²) in [7, 11) is 3.11. The highest BCUT2D eigenvalue weighted by atomic mass is 16.5. The van der Waals surface area contributed by atoms with Crippen molar-refractivity contribution in [3.63, 3.8) is 0 Å². The van der Waals surface area contributed by atoms with Gasteiger partial charge in [0.15, 0.2) is 11.5 Å². The molecule has 33 heavy (non-hydrogen) atoms. The van der Waals surface area contributed by atoms with Crippen LogP contribution >= 0.6 is 0 Å². The second kappa shape index (κ2) is 9.27. The van der Waals surface area contributed by atoms with Crippen LogP contribution < -0.4 is 20.1 Å². The number of nitrogens with zero attached hydrogens (tertiary/aromatic N) is 4. The van der Waals surface area contributed by atoms with Crippen molar-refractivity contribution in [1.29, 1.82) is 0 Å². The maximum atomic E-state index is 12.7. The van der Waals surface area contributed by atoms with Gasteiger partial charge < -0.3 is 14.8 Å². The van der Waals surface area contributed by atoms with Gasteiger partial charge in [-0.1, -0.05) is 33.4 Å². The third kappa shape index (κ3) is 5.28. The Morgan fingerprint density at radius 2 is 1.82 bits per heavy atom. The van der Waals surface area contributed by atoms with Crippen molar-refractivity contribution in [3.05, 3.63) is 47.7 Å². The first-order valence-corrected chi connectivity index (χ1v) is 10.3. The molecule has 1 aliphatic rings. The molecule has 174 valence electrons. The van der Waals surface area contributed by atoms with Crippen molar-refractivity contribution in [1.82, 2.24) is 15.1 Å². The fourth-order valence-corrected chi connectivity index (χ4v) is 2.97. The lowest BCUT2D eigenvalue weighted by atomic mass is 9.92. The zero-order valence-corrected chi connectivity index (χ0v) is 19.6. The molecule has 0 unspecified atom stereocenters. The van der Waals surface area contributed by atoms with Crippen LogP contribution in [0.3, 0.4) is 0 Å². The molecule has 0 fully saturated rings. The lowest BCUT2D eigenvalue weighted by Crippen LogP contribution is -2.31. The van der Waals surface area contributed by atoms with Crippen molar-refractivity contribution in [2.75, 3.05) is 19.5 Å². The van der Waals surface area contributed by atoms with Gasteiger partial charge in [-0.2, -0.15) is 14.8 Å². The first-order valence-electron chi connectivity index (χ1n) is 10.3. The van der Waals surface area contributed by atoms with Crippen molar-refractivity contribution in [2.45, 2.75) is 39.7 Å². The maximum Gasteiger partial charge on any atom is 0.320 e. The van der Waals surface area contributed by atoms with Crippen molar-refractivity contribution < 1.29 is 19.1 Å². The summed E-state index contributed by atoms with van der Waals surface area (Å²) in [6, 6.07) is 6.66. The largest absolute Gasteiger partial charge is 0.493 e. The fourth-order valence-electron chi connectivity index (χ4n) is 2.97. The summed E-state index contributed by atoms with van der Waals surface area (Å²) < 4.78 is 11.9. The third-order valence-corrected chi connectivity index (χ3v) is 4.97. The number of amides is 3. The highest BCUT2D eigenvalue weighted by Crippen LogP contribution is 2.28. The number of urea groups is 1. The molecule has 0 atom stereocenters. The predicted molar refractivity (Wildman–Crippen MR) is 126 cm³/mol. The van der Waals surface area contributed by atoms with Gasteiger partial charge in [-0.3, -0.25) is 10.1 Å². The van der Waals surface area contributed by atoms with Crippen LogP contribution in [0, 0.1) is 0 Å². The summed E-state index contributed by atoms with van der Waals surface area (Å²) in [6.07, 6.45) is 0. The number of anilines is 1. The average molecular weight is 453 g/mol. The van der Waals surface area contributed by atoms with E-state index in [0.29, 0.717) is 28.7 Å². The molecule has 0 saturated carbocycles. The molecule has 0 spiro atoms. The van der Waals surface area contributed by atoms with E-state index in [1.165, 1.54) is 4.68 Å². The monoisotopic (exact) mass is 452 g/mol. The number of aliphatic imine (C=N–C) groups is 2. The second-order valence-corrected chi connectivity index (χ2v) is 8.47. The van der Waals surface area contributed by atoms with Crippen molar-refractivity contribution >= 4 is 29.4 Å². The Morgan fingerprint density at radius 1 is 1.12 bits per heavy atom. The molecule has 3 amide bonds. The summed E-state index contributed by atoms with van der Waals surface area (Å²) in [5.74, 6) is 1.08. The number of methoxy groups -OCH3 is 2. The van der Waals surface area contributed by atoms with Gasteiger partial charge in [0.2, 0.25) is 0 Å². The number of hydrogen-bond acceptors (Lipinski definition) is 6. The summed E-state index contributed by atoms with van der Waals surface area (Å²) in [6.45, 7) is 11.6. The second-order valence-electron chi connectivity index (χ2n) is 8.47. The molecule has 0 radical (unpaired) electrons. The first-order chi connectivity index (χ1) is 15.5. The van der Waals surface area contributed by atoms with Crippen LogP contribution in [0.4, 0.5) is 10.6 Å². The summed E-state index contributed by atoms with van der Waals surface area (Å²) in [5, 5.41) is 10.1. The molecular formula is C23H28N6O4. The van der Waals surface area contributed by atoms with Crippen molar-refractivity contribution in [2.24, 2.45) is 9.98 Å². The molecule has 1 aromatic heterocycles. The van der Waals surface area contributed by atoms with Gasteiger partial charge in [0.25, 0.3) is 11.9 Å². The van der Waals surface area contributed by atoms with Crippen LogP contribution in [0.5, 0.6) is 11.5 Å². The van der Waals surface area contributed by atoms with E-state index in [4.69, 9.17) is 9.47 Å². The molecule has 0 aliphatic carbocycles. The highest BCUT2D eigenvalue weighted by molar-refractivity contribution is 6.27. The third-order valence-electron chi connectivity index (χ3n) is 4.97. The smallest absolute Gasteiger partial charge is 0.320 e. The van der Waals surface area contributed by atoms with Gasteiger partial charge in [0.05, 0.1) is 31.2 Å². The van der Waals surface area contributed by atoms with Gasteiger partial charge in [-0.05, 0) is 24.6 Å². The van der Waals surface area contributed by atoms with E-state index in [2.05, 4.69) is 32.3 Å². The van der Waals surface area contributed by atoms with Gasteiger partial charge >= 0.3 is 6.03 Å². The van der Waals surface area contributed by atoms with E-state index in [9.17, 15) is 9.59 Å². The van der Waals surface area contributed by atoms with Crippen LogP contribution in [0.15, 0.2) is 46.4 Å². The van der Waals surface area contributed by atoms with Gasteiger partial charge in [-0.15, -0.1) is 0 Å². The zero-order chi connectivity index (χ0) is 24.3. The topological polar surface area (TPSA) is 119 Å². The normalized spacial score (nSPS) is 13.9. The minimum Gasteiger partial charge on any atom is -0.493 e. The average Bonchev–Trinajstić information content (AvgIpc) is 3.19. The Balaban J connectivity index is 1.82. The number of carbonyl (C=O) groups is 2. The fraction of sp³-hybridized carbons (Fsp3) is 0.348. The number of hydrogen-bond donors (Lipinski definition) is 2. The molecule has 10 nitrogen and oxygen atoms in total. The Bertz CT molecular complexity index is 1170. The van der Waals surface area contributed by atoms with E-state index in [0.717, 1.165) is 5.56 Å². The number of nitrogens with one attached hydrogen (secondary N) is 2. The predicted octanol–water partition coefficient (Wildman–Crippen LogP) is 3.28. The Morgan fingerprint density at radius 3 is 2.42 bits per heavy atom. The zero-order valence-electron chi connectivity index (χ0n) is 19.6. The lowest BCUT2D eigenvalue weighted by Gasteiger charge is -2.14. The van der Waals surface area contributed by atoms with E-state index in [1.807, 2.05) is 26.8 Å². The van der Waals surface area contributed by atoms with E-state index in [1.54, 1.807) is 39.3 Å². The van der Waals surface area contributed by atoms with Gasteiger partial charge in [-0.25, -0.2) is 9.79 Å². The van der Waals surface area contributed by atoms with Crippen molar-refractivity contribution in [3.8, 4) is 11.5 Å². The van der Waals surface area contributed by atoms with Gasteiger partial charge in [0.1, 0.15) is 5.82 Å². The van der Waals surface area contributed by atoms with E-state index < -0.39 is 11.9 Å². The van der Waals surface area contributed by atoms with Crippen LogP contribution in [0.1, 0.15) is 39.0 Å². The number of benzene rings is 1. The Hall–Kier alpha value is -3.95. The molecule has 2 heterocycles. The Labute approximate surface area is 192 Å². The first kappa shape index (κ1) is 23.7. The number of carbonyl (C=O) groups excluding carboxylic acids is 2. The molecule has 0 saturated heterocycles. The molecule has 0 bridgehead atoms. The molecule has 3 rings (SSSR count). The summed E-state index contributed by atoms with van der Waals surface area (Å²) >= 11 is 0. The number of aromatic nitrogens is 2. The van der Waals surface area contributed by atoms with E-state index in [-0.39, 0.29) is 23.5 Å².